The first-order chi connectivity index (χ1) is 11.6. The van der Waals surface area contributed by atoms with Gasteiger partial charge in [0, 0.05) is 6.42 Å². The van der Waals surface area contributed by atoms with Crippen molar-refractivity contribution in [3.05, 3.63) is 71.3 Å². The van der Waals surface area contributed by atoms with Crippen LogP contribution >= 0.6 is 0 Å². The first-order valence-electron chi connectivity index (χ1n) is 8.20. The van der Waals surface area contributed by atoms with Crippen molar-refractivity contribution in [2.75, 3.05) is 0 Å². The second kappa shape index (κ2) is 6.87. The highest BCUT2D eigenvalue weighted by Gasteiger charge is 2.32. The number of hydrogen-bond donors (Lipinski definition) is 1. The molecule has 1 aliphatic heterocycles. The van der Waals surface area contributed by atoms with E-state index in [4.69, 9.17) is 4.74 Å². The molecule has 0 radical (unpaired) electrons. The largest absolute Gasteiger partial charge is 0.448 e. The third-order valence-corrected chi connectivity index (χ3v) is 4.31. The molecule has 0 bridgehead atoms. The lowest BCUT2D eigenvalue weighted by Gasteiger charge is -2.28. The Kier molecular flexibility index (Phi) is 4.65. The molecular weight excluding hydrogens is 302 g/mol. The minimum Gasteiger partial charge on any atom is -0.448 e. The van der Waals surface area contributed by atoms with Crippen LogP contribution in [0.15, 0.2) is 54.6 Å². The molecule has 2 unspecified atom stereocenters. The van der Waals surface area contributed by atoms with E-state index in [9.17, 15) is 9.59 Å². The van der Waals surface area contributed by atoms with Crippen molar-refractivity contribution in [2.45, 2.75) is 32.4 Å². The van der Waals surface area contributed by atoms with Gasteiger partial charge in [0.15, 0.2) is 6.10 Å². The van der Waals surface area contributed by atoms with Crippen LogP contribution in [0.25, 0.3) is 0 Å². The van der Waals surface area contributed by atoms with Crippen LogP contribution in [0.3, 0.4) is 0 Å². The van der Waals surface area contributed by atoms with Gasteiger partial charge in [-0.05, 0) is 23.1 Å². The van der Waals surface area contributed by atoms with Crippen LogP contribution in [0.4, 0.5) is 0 Å². The molecule has 1 N–H and O–H groups in total. The van der Waals surface area contributed by atoms with E-state index in [0.717, 1.165) is 11.1 Å². The molecule has 2 atom stereocenters. The van der Waals surface area contributed by atoms with Gasteiger partial charge in [-0.15, -0.1) is 0 Å². The van der Waals surface area contributed by atoms with E-state index in [1.54, 1.807) is 12.1 Å². The van der Waals surface area contributed by atoms with E-state index >= 15 is 0 Å². The van der Waals surface area contributed by atoms with Gasteiger partial charge in [0.25, 0.3) is 5.91 Å². The van der Waals surface area contributed by atoms with Crippen molar-refractivity contribution in [1.29, 1.82) is 0 Å². The van der Waals surface area contributed by atoms with Crippen LogP contribution in [0.1, 0.15) is 41.4 Å². The summed E-state index contributed by atoms with van der Waals surface area (Å²) in [6, 6.07) is 17.0. The predicted octanol–water partition coefficient (Wildman–Crippen LogP) is 3.28. The zero-order valence-corrected chi connectivity index (χ0v) is 13.9. The number of benzene rings is 2. The molecule has 0 fully saturated rings. The van der Waals surface area contributed by atoms with Crippen LogP contribution in [-0.2, 0) is 16.0 Å². The van der Waals surface area contributed by atoms with E-state index in [1.807, 2.05) is 42.5 Å². The standard InChI is InChI=1S/C20H21NO3/c1-13(2)18(14-8-4-3-5-9-14)21-19(22)17-12-15-10-6-7-11-16(15)20(23)24-17/h3-11,13,17-18H,12H2,1-2H3,(H,21,22). The van der Waals surface area contributed by atoms with Gasteiger partial charge < -0.3 is 10.1 Å². The van der Waals surface area contributed by atoms with E-state index in [-0.39, 0.29) is 17.9 Å². The maximum absolute atomic E-state index is 12.7. The number of nitrogens with one attached hydrogen (secondary N) is 1. The van der Waals surface area contributed by atoms with E-state index in [0.29, 0.717) is 12.0 Å². The van der Waals surface area contributed by atoms with Crippen LogP contribution in [0, 0.1) is 5.92 Å². The maximum Gasteiger partial charge on any atom is 0.339 e. The van der Waals surface area contributed by atoms with Gasteiger partial charge in [-0.3, -0.25) is 4.79 Å². The molecule has 2 aromatic carbocycles. The summed E-state index contributed by atoms with van der Waals surface area (Å²) in [4.78, 5) is 24.7. The molecule has 1 heterocycles. The number of rotatable bonds is 4. The Bertz CT molecular complexity index is 740. The minimum absolute atomic E-state index is 0.116. The molecule has 0 aliphatic carbocycles. The third kappa shape index (κ3) is 3.32. The van der Waals surface area contributed by atoms with Crippen LogP contribution in [-0.4, -0.2) is 18.0 Å². The fraction of sp³-hybridized carbons (Fsp3) is 0.300. The average molecular weight is 323 g/mol. The molecule has 0 aromatic heterocycles. The fourth-order valence-electron chi connectivity index (χ4n) is 3.02. The van der Waals surface area contributed by atoms with Crippen LogP contribution in [0.2, 0.25) is 0 Å². The Balaban J connectivity index is 1.76. The number of ether oxygens (including phenoxy) is 1. The molecule has 0 spiro atoms. The van der Waals surface area contributed by atoms with E-state index in [1.165, 1.54) is 0 Å². The van der Waals surface area contributed by atoms with Crippen LogP contribution < -0.4 is 5.32 Å². The first kappa shape index (κ1) is 16.2. The lowest BCUT2D eigenvalue weighted by Crippen LogP contribution is -2.44. The summed E-state index contributed by atoms with van der Waals surface area (Å²) in [5.41, 5.74) is 2.45. The predicted molar refractivity (Wildman–Crippen MR) is 91.5 cm³/mol. The topological polar surface area (TPSA) is 55.4 Å². The Morgan fingerprint density at radius 3 is 2.46 bits per heavy atom. The highest BCUT2D eigenvalue weighted by molar-refractivity contribution is 5.95. The number of esters is 1. The minimum atomic E-state index is -0.780. The fourth-order valence-corrected chi connectivity index (χ4v) is 3.02. The number of carbonyl (C=O) groups excluding carboxylic acids is 2. The summed E-state index contributed by atoms with van der Waals surface area (Å²) in [6.45, 7) is 4.11. The normalized spacial score (nSPS) is 17.8. The molecule has 1 amide bonds. The Morgan fingerprint density at radius 2 is 1.75 bits per heavy atom. The number of amides is 1. The Hall–Kier alpha value is -2.62. The van der Waals surface area contributed by atoms with Crippen molar-refractivity contribution < 1.29 is 14.3 Å². The Morgan fingerprint density at radius 1 is 1.08 bits per heavy atom. The zero-order chi connectivity index (χ0) is 17.1. The number of hydrogen-bond acceptors (Lipinski definition) is 3. The molecule has 24 heavy (non-hydrogen) atoms. The molecule has 124 valence electrons. The zero-order valence-electron chi connectivity index (χ0n) is 13.9. The van der Waals surface area contributed by atoms with Gasteiger partial charge in [0.2, 0.25) is 0 Å². The summed E-state index contributed by atoms with van der Waals surface area (Å²) >= 11 is 0. The highest BCUT2D eigenvalue weighted by Crippen LogP contribution is 2.24. The maximum atomic E-state index is 12.7. The van der Waals surface area contributed by atoms with E-state index < -0.39 is 12.1 Å². The van der Waals surface area contributed by atoms with Crippen molar-refractivity contribution in [1.82, 2.24) is 5.32 Å². The number of fused-ring (bicyclic) bond motifs is 1. The molecular formula is C20H21NO3. The van der Waals surface area contributed by atoms with E-state index in [2.05, 4.69) is 19.2 Å². The summed E-state index contributed by atoms with van der Waals surface area (Å²) in [7, 11) is 0. The molecule has 0 saturated carbocycles. The highest BCUT2D eigenvalue weighted by atomic mass is 16.5. The molecule has 2 aromatic rings. The quantitative estimate of drug-likeness (QED) is 0.879. The van der Waals surface area contributed by atoms with Crippen molar-refractivity contribution in [3.8, 4) is 0 Å². The lowest BCUT2D eigenvalue weighted by atomic mass is 9.94. The summed E-state index contributed by atoms with van der Waals surface area (Å²) in [5, 5.41) is 3.04. The average Bonchev–Trinajstić information content (AvgIpc) is 2.60. The summed E-state index contributed by atoms with van der Waals surface area (Å²) in [6.07, 6.45) is -0.370. The molecule has 3 rings (SSSR count). The Labute approximate surface area is 141 Å². The molecule has 4 nitrogen and oxygen atoms in total. The van der Waals surface area contributed by atoms with Crippen molar-refractivity contribution in [3.63, 3.8) is 0 Å². The van der Waals surface area contributed by atoms with Crippen molar-refractivity contribution >= 4 is 11.9 Å². The molecule has 1 aliphatic rings. The summed E-state index contributed by atoms with van der Waals surface area (Å²) in [5.74, 6) is -0.457. The molecule has 0 saturated heterocycles. The van der Waals surface area contributed by atoms with Gasteiger partial charge in [0.05, 0.1) is 11.6 Å². The van der Waals surface area contributed by atoms with Gasteiger partial charge in [-0.2, -0.15) is 0 Å². The molecule has 4 heteroatoms. The van der Waals surface area contributed by atoms with Gasteiger partial charge in [-0.1, -0.05) is 62.4 Å². The van der Waals surface area contributed by atoms with Gasteiger partial charge >= 0.3 is 5.97 Å². The first-order valence-corrected chi connectivity index (χ1v) is 8.20. The SMILES string of the molecule is CC(C)C(NC(=O)C1Cc2ccccc2C(=O)O1)c1ccccc1. The smallest absolute Gasteiger partial charge is 0.339 e. The number of cyclic esters (lactones) is 1. The lowest BCUT2D eigenvalue weighted by molar-refractivity contribution is -0.131. The summed E-state index contributed by atoms with van der Waals surface area (Å²) < 4.78 is 5.34. The third-order valence-electron chi connectivity index (χ3n) is 4.31. The van der Waals surface area contributed by atoms with Gasteiger partial charge in [0.1, 0.15) is 0 Å². The van der Waals surface area contributed by atoms with Gasteiger partial charge in [-0.25, -0.2) is 4.79 Å². The monoisotopic (exact) mass is 323 g/mol. The number of carbonyl (C=O) groups is 2. The second-order valence-corrected chi connectivity index (χ2v) is 6.40. The second-order valence-electron chi connectivity index (χ2n) is 6.40. The van der Waals surface area contributed by atoms with Crippen LogP contribution in [0.5, 0.6) is 0 Å². The van der Waals surface area contributed by atoms with Crippen molar-refractivity contribution in [2.24, 2.45) is 5.92 Å².